The molecule has 0 aliphatic carbocycles. The molecule has 22 heavy (non-hydrogen) atoms. The second kappa shape index (κ2) is 6.13. The highest BCUT2D eigenvalue weighted by Gasteiger charge is 2.30. The van der Waals surface area contributed by atoms with Gasteiger partial charge in [-0.1, -0.05) is 6.07 Å². The first-order valence-electron chi connectivity index (χ1n) is 7.14. The van der Waals surface area contributed by atoms with Crippen LogP contribution in [0, 0.1) is 11.7 Å². The Morgan fingerprint density at radius 1 is 1.36 bits per heavy atom. The molecule has 0 radical (unpaired) electrons. The Morgan fingerprint density at radius 3 is 2.95 bits per heavy atom. The monoisotopic (exact) mass is 324 g/mol. The van der Waals surface area contributed by atoms with E-state index in [1.165, 1.54) is 28.8 Å². The molecule has 0 N–H and O–H groups in total. The molecule has 6 nitrogen and oxygen atoms in total. The molecule has 1 aromatic carbocycles. The van der Waals surface area contributed by atoms with Crippen molar-refractivity contribution >= 4 is 10.0 Å². The minimum absolute atomic E-state index is 0.00825. The van der Waals surface area contributed by atoms with Crippen molar-refractivity contribution in [2.75, 3.05) is 13.1 Å². The van der Waals surface area contributed by atoms with E-state index in [1.54, 1.807) is 11.0 Å². The van der Waals surface area contributed by atoms with Crippen molar-refractivity contribution in [2.24, 2.45) is 5.92 Å². The van der Waals surface area contributed by atoms with Crippen molar-refractivity contribution in [2.45, 2.75) is 24.3 Å². The Balaban J connectivity index is 1.76. The zero-order chi connectivity index (χ0) is 15.6. The molecule has 2 heterocycles. The van der Waals surface area contributed by atoms with Gasteiger partial charge in [0.1, 0.15) is 18.5 Å². The first kappa shape index (κ1) is 15.1. The van der Waals surface area contributed by atoms with Gasteiger partial charge < -0.3 is 0 Å². The van der Waals surface area contributed by atoms with Crippen LogP contribution >= 0.6 is 0 Å². The number of aromatic nitrogens is 3. The second-order valence-corrected chi connectivity index (χ2v) is 7.38. The molecule has 1 unspecified atom stereocenters. The molecule has 1 saturated heterocycles. The Hall–Kier alpha value is -1.80. The maximum Gasteiger partial charge on any atom is 0.243 e. The summed E-state index contributed by atoms with van der Waals surface area (Å²) in [7, 11) is -3.65. The summed E-state index contributed by atoms with van der Waals surface area (Å²) in [5.74, 6) is -0.365. The van der Waals surface area contributed by atoms with Crippen LogP contribution in [0.25, 0.3) is 0 Å². The van der Waals surface area contributed by atoms with E-state index in [9.17, 15) is 12.8 Å². The van der Waals surface area contributed by atoms with E-state index in [0.717, 1.165) is 18.9 Å². The van der Waals surface area contributed by atoms with E-state index < -0.39 is 15.8 Å². The third-order valence-corrected chi connectivity index (χ3v) is 5.69. The van der Waals surface area contributed by atoms with Crippen molar-refractivity contribution in [1.29, 1.82) is 0 Å². The van der Waals surface area contributed by atoms with Crippen LogP contribution in [0.15, 0.2) is 41.8 Å². The van der Waals surface area contributed by atoms with Crippen molar-refractivity contribution < 1.29 is 12.8 Å². The van der Waals surface area contributed by atoms with Gasteiger partial charge in [-0.05, 0) is 37.0 Å². The number of sulfonamides is 1. The van der Waals surface area contributed by atoms with Gasteiger partial charge in [0.15, 0.2) is 0 Å². The summed E-state index contributed by atoms with van der Waals surface area (Å²) in [6.45, 7) is 1.51. The largest absolute Gasteiger partial charge is 0.253 e. The Kier molecular flexibility index (Phi) is 4.21. The van der Waals surface area contributed by atoms with E-state index >= 15 is 0 Å². The van der Waals surface area contributed by atoms with Crippen molar-refractivity contribution in [3.8, 4) is 0 Å². The Labute approximate surface area is 128 Å². The Morgan fingerprint density at radius 2 is 2.23 bits per heavy atom. The van der Waals surface area contributed by atoms with Crippen LogP contribution in [0.3, 0.4) is 0 Å². The number of hydrogen-bond acceptors (Lipinski definition) is 4. The standard InChI is InChI=1S/C14H17FN4O2S/c15-13-4-1-5-14(7-13)22(20,21)19-6-2-3-12(9-19)8-18-11-16-10-17-18/h1,4-5,7,10-12H,2-3,6,8-9H2. The molecular weight excluding hydrogens is 307 g/mol. The summed E-state index contributed by atoms with van der Waals surface area (Å²) in [6.07, 6.45) is 4.81. The molecule has 118 valence electrons. The topological polar surface area (TPSA) is 68.1 Å². The predicted octanol–water partition coefficient (Wildman–Crippen LogP) is 1.52. The molecule has 3 rings (SSSR count). The average Bonchev–Trinajstić information content (AvgIpc) is 3.00. The lowest BCUT2D eigenvalue weighted by Crippen LogP contribution is -2.41. The summed E-state index contributed by atoms with van der Waals surface area (Å²) in [4.78, 5) is 3.90. The fraction of sp³-hybridized carbons (Fsp3) is 0.429. The molecule has 2 aromatic rings. The highest BCUT2D eigenvalue weighted by molar-refractivity contribution is 7.89. The second-order valence-electron chi connectivity index (χ2n) is 5.45. The lowest BCUT2D eigenvalue weighted by atomic mass is 10.00. The van der Waals surface area contributed by atoms with Gasteiger partial charge in [-0.2, -0.15) is 9.40 Å². The molecule has 0 bridgehead atoms. The van der Waals surface area contributed by atoms with E-state index in [0.29, 0.717) is 19.6 Å². The number of piperidine rings is 1. The SMILES string of the molecule is O=S(=O)(c1cccc(F)c1)N1CCCC(Cn2cncn2)C1. The highest BCUT2D eigenvalue weighted by Crippen LogP contribution is 2.24. The van der Waals surface area contributed by atoms with Crippen molar-refractivity contribution in [3.05, 3.63) is 42.7 Å². The number of benzene rings is 1. The minimum atomic E-state index is -3.65. The van der Waals surface area contributed by atoms with Gasteiger partial charge in [0.2, 0.25) is 10.0 Å². The molecule has 0 saturated carbocycles. The summed E-state index contributed by atoms with van der Waals surface area (Å²) in [6, 6.07) is 5.15. The normalized spacial score (nSPS) is 20.1. The van der Waals surface area contributed by atoms with Gasteiger partial charge in [-0.25, -0.2) is 17.8 Å². The first-order chi connectivity index (χ1) is 10.6. The molecule has 1 atom stereocenters. The maximum atomic E-state index is 13.3. The molecule has 1 fully saturated rings. The average molecular weight is 324 g/mol. The number of halogens is 1. The van der Waals surface area contributed by atoms with Crippen LogP contribution in [0.5, 0.6) is 0 Å². The molecule has 1 aliphatic heterocycles. The van der Waals surface area contributed by atoms with Crippen LogP contribution in [0.4, 0.5) is 4.39 Å². The summed E-state index contributed by atoms with van der Waals surface area (Å²) in [5, 5.41) is 4.06. The predicted molar refractivity (Wildman–Crippen MR) is 77.9 cm³/mol. The minimum Gasteiger partial charge on any atom is -0.253 e. The molecular formula is C14H17FN4O2S. The van der Waals surface area contributed by atoms with Crippen LogP contribution in [0.1, 0.15) is 12.8 Å². The Bertz CT molecular complexity index is 733. The smallest absolute Gasteiger partial charge is 0.243 e. The molecule has 0 amide bonds. The molecule has 1 aliphatic rings. The van der Waals surface area contributed by atoms with E-state index in [2.05, 4.69) is 10.1 Å². The van der Waals surface area contributed by atoms with Crippen molar-refractivity contribution in [1.82, 2.24) is 19.1 Å². The van der Waals surface area contributed by atoms with Crippen LogP contribution in [-0.4, -0.2) is 40.6 Å². The van der Waals surface area contributed by atoms with E-state index in [1.807, 2.05) is 0 Å². The summed E-state index contributed by atoms with van der Waals surface area (Å²) in [5.41, 5.74) is 0. The quantitative estimate of drug-likeness (QED) is 0.855. The van der Waals surface area contributed by atoms with Gasteiger partial charge in [-0.3, -0.25) is 4.68 Å². The third kappa shape index (κ3) is 3.17. The maximum absolute atomic E-state index is 13.3. The van der Waals surface area contributed by atoms with Crippen LogP contribution in [-0.2, 0) is 16.6 Å². The fourth-order valence-corrected chi connectivity index (χ4v) is 4.35. The van der Waals surface area contributed by atoms with Gasteiger partial charge >= 0.3 is 0 Å². The zero-order valence-electron chi connectivity index (χ0n) is 12.0. The van der Waals surface area contributed by atoms with Crippen LogP contribution < -0.4 is 0 Å². The van der Waals surface area contributed by atoms with Gasteiger partial charge in [0, 0.05) is 19.6 Å². The van der Waals surface area contributed by atoms with Gasteiger partial charge in [0.25, 0.3) is 0 Å². The first-order valence-corrected chi connectivity index (χ1v) is 8.58. The fourth-order valence-electron chi connectivity index (χ4n) is 2.76. The molecule has 8 heteroatoms. The van der Waals surface area contributed by atoms with E-state index in [4.69, 9.17) is 0 Å². The molecule has 0 spiro atoms. The highest BCUT2D eigenvalue weighted by atomic mass is 32.2. The van der Waals surface area contributed by atoms with Crippen LogP contribution in [0.2, 0.25) is 0 Å². The summed E-state index contributed by atoms with van der Waals surface area (Å²) >= 11 is 0. The van der Waals surface area contributed by atoms with Crippen molar-refractivity contribution in [3.63, 3.8) is 0 Å². The number of rotatable bonds is 4. The van der Waals surface area contributed by atoms with Gasteiger partial charge in [0.05, 0.1) is 4.90 Å². The lowest BCUT2D eigenvalue weighted by Gasteiger charge is -2.31. The number of nitrogens with zero attached hydrogens (tertiary/aromatic N) is 4. The molecule has 1 aromatic heterocycles. The third-order valence-electron chi connectivity index (χ3n) is 3.83. The van der Waals surface area contributed by atoms with E-state index in [-0.39, 0.29) is 10.8 Å². The zero-order valence-corrected chi connectivity index (χ0v) is 12.8. The lowest BCUT2D eigenvalue weighted by molar-refractivity contribution is 0.239. The van der Waals surface area contributed by atoms with Gasteiger partial charge in [-0.15, -0.1) is 0 Å². The number of hydrogen-bond donors (Lipinski definition) is 0. The summed E-state index contributed by atoms with van der Waals surface area (Å²) < 4.78 is 41.7.